The van der Waals surface area contributed by atoms with Crippen LogP contribution in [0.3, 0.4) is 0 Å². The third-order valence-electron chi connectivity index (χ3n) is 4.01. The van der Waals surface area contributed by atoms with Gasteiger partial charge in [-0.1, -0.05) is 25.4 Å². The van der Waals surface area contributed by atoms with Gasteiger partial charge in [-0.05, 0) is 11.6 Å². The third kappa shape index (κ3) is 3.62. The lowest BCUT2D eigenvalue weighted by Gasteiger charge is -2.28. The number of hydrogen-bond acceptors (Lipinski definition) is 5. The molecule has 3 heterocycles. The smallest absolute Gasteiger partial charge is 0.232 e. The lowest BCUT2D eigenvalue weighted by molar-refractivity contribution is 0.242. The van der Waals surface area contributed by atoms with Crippen molar-refractivity contribution in [2.24, 2.45) is 0 Å². The highest BCUT2D eigenvalue weighted by Gasteiger charge is 2.19. The number of hydrogen-bond donors (Lipinski definition) is 0. The summed E-state index contributed by atoms with van der Waals surface area (Å²) in [5.41, 5.74) is 3.48. The second-order valence-corrected chi connectivity index (χ2v) is 6.56. The lowest BCUT2D eigenvalue weighted by atomic mass is 10.1. The van der Waals surface area contributed by atoms with Crippen LogP contribution in [0.4, 0.5) is 0 Å². The Morgan fingerprint density at radius 2 is 2.13 bits per heavy atom. The van der Waals surface area contributed by atoms with Crippen LogP contribution in [0.25, 0.3) is 0 Å². The summed E-state index contributed by atoms with van der Waals surface area (Å²) in [6.45, 7) is 6.89. The maximum atomic E-state index is 6.15. The van der Waals surface area contributed by atoms with Gasteiger partial charge in [0.15, 0.2) is 0 Å². The predicted molar refractivity (Wildman–Crippen MR) is 89.7 cm³/mol. The molecule has 1 aliphatic heterocycles. The normalized spacial score (nSPS) is 14.8. The van der Waals surface area contributed by atoms with E-state index in [1.54, 1.807) is 7.11 Å². The third-order valence-corrected chi connectivity index (χ3v) is 4.28. The molecule has 0 aromatic carbocycles. The van der Waals surface area contributed by atoms with E-state index in [-0.39, 0.29) is 0 Å². The van der Waals surface area contributed by atoms with Crippen molar-refractivity contribution < 1.29 is 4.74 Å². The Labute approximate surface area is 141 Å². The van der Waals surface area contributed by atoms with E-state index in [2.05, 4.69) is 28.7 Å². The van der Waals surface area contributed by atoms with Crippen molar-refractivity contribution in [2.45, 2.75) is 39.3 Å². The second kappa shape index (κ2) is 6.81. The van der Waals surface area contributed by atoms with Crippen LogP contribution in [0, 0.1) is 0 Å². The number of methoxy groups -OCH3 is 1. The molecular weight excluding hydrogens is 312 g/mol. The van der Waals surface area contributed by atoms with Crippen LogP contribution >= 0.6 is 11.6 Å². The van der Waals surface area contributed by atoms with Gasteiger partial charge in [0.05, 0.1) is 7.11 Å². The predicted octanol–water partition coefficient (Wildman–Crippen LogP) is 3.22. The number of rotatable bonds is 4. The summed E-state index contributed by atoms with van der Waals surface area (Å²) < 4.78 is 5.09. The minimum absolute atomic E-state index is 0.367. The minimum Gasteiger partial charge on any atom is -0.480 e. The standard InChI is InChI=1S/C17H21ClN4O/c1-11(2)16-19-8-13-10-22(5-4-15(13)21-16)9-12-6-14(18)17(23-3)20-7-12/h6-8,11H,4-5,9-10H2,1-3H3. The Morgan fingerprint density at radius 1 is 1.30 bits per heavy atom. The van der Waals surface area contributed by atoms with Gasteiger partial charge in [-0.15, -0.1) is 0 Å². The molecule has 0 radical (unpaired) electrons. The number of nitrogens with zero attached hydrogens (tertiary/aromatic N) is 4. The first-order valence-electron chi connectivity index (χ1n) is 7.82. The molecule has 0 N–H and O–H groups in total. The summed E-state index contributed by atoms with van der Waals surface area (Å²) in [4.78, 5) is 15.8. The van der Waals surface area contributed by atoms with Crippen molar-refractivity contribution in [3.63, 3.8) is 0 Å². The molecule has 0 aliphatic carbocycles. The van der Waals surface area contributed by atoms with Crippen LogP contribution in [-0.4, -0.2) is 33.5 Å². The highest BCUT2D eigenvalue weighted by atomic mass is 35.5. The molecule has 0 atom stereocenters. The second-order valence-electron chi connectivity index (χ2n) is 6.15. The van der Waals surface area contributed by atoms with Gasteiger partial charge < -0.3 is 4.74 Å². The lowest BCUT2D eigenvalue weighted by Crippen LogP contribution is -2.31. The van der Waals surface area contributed by atoms with Crippen LogP contribution in [0.5, 0.6) is 5.88 Å². The fourth-order valence-electron chi connectivity index (χ4n) is 2.76. The SMILES string of the molecule is COc1ncc(CN2CCc3nc(C(C)C)ncc3C2)cc1Cl. The highest BCUT2D eigenvalue weighted by molar-refractivity contribution is 6.31. The molecule has 0 amide bonds. The molecule has 3 rings (SSSR count). The molecule has 23 heavy (non-hydrogen) atoms. The van der Waals surface area contributed by atoms with Gasteiger partial charge in [-0.25, -0.2) is 15.0 Å². The Morgan fingerprint density at radius 3 is 2.83 bits per heavy atom. The monoisotopic (exact) mass is 332 g/mol. The molecule has 0 fully saturated rings. The van der Waals surface area contributed by atoms with Crippen LogP contribution in [0.1, 0.15) is 42.4 Å². The molecule has 2 aromatic heterocycles. The van der Waals surface area contributed by atoms with Gasteiger partial charge in [0.2, 0.25) is 5.88 Å². The van der Waals surface area contributed by atoms with Crippen molar-refractivity contribution in [1.82, 2.24) is 19.9 Å². The van der Waals surface area contributed by atoms with Gasteiger partial charge in [0, 0.05) is 55.6 Å². The molecule has 6 heteroatoms. The van der Waals surface area contributed by atoms with Crippen LogP contribution in [-0.2, 0) is 19.5 Å². The van der Waals surface area contributed by atoms with Crippen molar-refractivity contribution in [1.29, 1.82) is 0 Å². The number of aromatic nitrogens is 3. The van der Waals surface area contributed by atoms with Gasteiger partial charge in [0.1, 0.15) is 10.8 Å². The average Bonchev–Trinajstić information content (AvgIpc) is 2.54. The summed E-state index contributed by atoms with van der Waals surface area (Å²) >= 11 is 6.15. The molecular formula is C17H21ClN4O. The zero-order valence-corrected chi connectivity index (χ0v) is 14.5. The number of ether oxygens (including phenoxy) is 1. The Balaban J connectivity index is 1.71. The molecule has 5 nitrogen and oxygen atoms in total. The highest BCUT2D eigenvalue weighted by Crippen LogP contribution is 2.24. The summed E-state index contributed by atoms with van der Waals surface area (Å²) in [5, 5.41) is 0.548. The van der Waals surface area contributed by atoms with E-state index in [9.17, 15) is 0 Å². The van der Waals surface area contributed by atoms with E-state index in [4.69, 9.17) is 21.3 Å². The van der Waals surface area contributed by atoms with Crippen LogP contribution in [0.2, 0.25) is 5.02 Å². The summed E-state index contributed by atoms with van der Waals surface area (Å²) in [6, 6.07) is 1.92. The van der Waals surface area contributed by atoms with E-state index >= 15 is 0 Å². The first kappa shape index (κ1) is 16.1. The van der Waals surface area contributed by atoms with E-state index in [1.165, 1.54) is 11.3 Å². The maximum Gasteiger partial charge on any atom is 0.232 e. The van der Waals surface area contributed by atoms with Crippen molar-refractivity contribution in [2.75, 3.05) is 13.7 Å². The van der Waals surface area contributed by atoms with E-state index in [0.29, 0.717) is 16.8 Å². The number of pyridine rings is 1. The fourth-order valence-corrected chi connectivity index (χ4v) is 3.03. The Kier molecular flexibility index (Phi) is 4.78. The van der Waals surface area contributed by atoms with Gasteiger partial charge in [-0.2, -0.15) is 0 Å². The topological polar surface area (TPSA) is 51.1 Å². The summed E-state index contributed by atoms with van der Waals surface area (Å²) in [5.74, 6) is 1.77. The fraction of sp³-hybridized carbons (Fsp3) is 0.471. The van der Waals surface area contributed by atoms with Gasteiger partial charge in [-0.3, -0.25) is 4.90 Å². The summed E-state index contributed by atoms with van der Waals surface area (Å²) in [6.07, 6.45) is 4.75. The number of halogens is 1. The first-order chi connectivity index (χ1) is 11.1. The Hall–Kier alpha value is -1.72. The molecule has 0 spiro atoms. The van der Waals surface area contributed by atoms with E-state index in [0.717, 1.165) is 37.4 Å². The first-order valence-corrected chi connectivity index (χ1v) is 8.20. The summed E-state index contributed by atoms with van der Waals surface area (Å²) in [7, 11) is 1.57. The van der Waals surface area contributed by atoms with Gasteiger partial charge >= 0.3 is 0 Å². The quantitative estimate of drug-likeness (QED) is 0.860. The molecule has 0 saturated heterocycles. The molecule has 1 aliphatic rings. The van der Waals surface area contributed by atoms with Crippen LogP contribution in [0.15, 0.2) is 18.5 Å². The Bertz CT molecular complexity index is 705. The van der Waals surface area contributed by atoms with E-state index < -0.39 is 0 Å². The zero-order valence-electron chi connectivity index (χ0n) is 13.7. The molecule has 0 unspecified atom stereocenters. The molecule has 122 valence electrons. The van der Waals surface area contributed by atoms with Crippen molar-refractivity contribution >= 4 is 11.6 Å². The van der Waals surface area contributed by atoms with Crippen molar-refractivity contribution in [3.8, 4) is 5.88 Å². The van der Waals surface area contributed by atoms with Gasteiger partial charge in [0.25, 0.3) is 0 Å². The molecule has 0 bridgehead atoms. The number of fused-ring (bicyclic) bond motifs is 1. The maximum absolute atomic E-state index is 6.15. The molecule has 2 aromatic rings. The largest absolute Gasteiger partial charge is 0.480 e. The van der Waals surface area contributed by atoms with Crippen LogP contribution < -0.4 is 4.74 Å². The van der Waals surface area contributed by atoms with E-state index in [1.807, 2.05) is 18.5 Å². The zero-order chi connectivity index (χ0) is 16.4. The molecule has 0 saturated carbocycles. The van der Waals surface area contributed by atoms with Crippen molar-refractivity contribution in [3.05, 3.63) is 46.1 Å². The average molecular weight is 333 g/mol. The minimum atomic E-state index is 0.367.